The monoisotopic (exact) mass is 258 g/mol. The highest BCUT2D eigenvalue weighted by Crippen LogP contribution is 2.32. The summed E-state index contributed by atoms with van der Waals surface area (Å²) in [6.07, 6.45) is 6.26. The molecule has 1 aliphatic rings. The molecule has 0 saturated heterocycles. The van der Waals surface area contributed by atoms with Crippen molar-refractivity contribution >= 4 is 0 Å². The van der Waals surface area contributed by atoms with Crippen molar-refractivity contribution in [2.24, 2.45) is 7.05 Å². The molecule has 100 valence electrons. The second-order valence-corrected chi connectivity index (χ2v) is 5.01. The second-order valence-electron chi connectivity index (χ2n) is 5.01. The van der Waals surface area contributed by atoms with Gasteiger partial charge >= 0.3 is 0 Å². The summed E-state index contributed by atoms with van der Waals surface area (Å²) in [5.74, 6) is 1.68. The number of fused-ring (bicyclic) bond motifs is 1. The molecule has 1 N–H and O–H groups in total. The van der Waals surface area contributed by atoms with Gasteiger partial charge < -0.3 is 14.4 Å². The van der Waals surface area contributed by atoms with Crippen LogP contribution in [0.3, 0.4) is 0 Å². The Bertz CT molecular complexity index is 577. The molecule has 0 aliphatic heterocycles. The van der Waals surface area contributed by atoms with E-state index in [1.54, 1.807) is 6.20 Å². The van der Waals surface area contributed by atoms with E-state index >= 15 is 0 Å². The van der Waals surface area contributed by atoms with E-state index in [4.69, 9.17) is 4.74 Å². The van der Waals surface area contributed by atoms with Crippen LogP contribution in [0.2, 0.25) is 0 Å². The van der Waals surface area contributed by atoms with Gasteiger partial charge in [-0.05, 0) is 42.5 Å². The van der Waals surface area contributed by atoms with Gasteiger partial charge in [0, 0.05) is 19.4 Å². The Hall–Kier alpha value is -1.81. The number of aryl methyl sites for hydroxylation is 2. The maximum Gasteiger partial charge on any atom is 0.146 e. The van der Waals surface area contributed by atoms with Gasteiger partial charge in [0.1, 0.15) is 18.2 Å². The van der Waals surface area contributed by atoms with Crippen LogP contribution in [-0.2, 0) is 20.1 Å². The Morgan fingerprint density at radius 2 is 2.37 bits per heavy atom. The molecule has 0 fully saturated rings. The summed E-state index contributed by atoms with van der Waals surface area (Å²) in [6, 6.07) is 5.99. The van der Waals surface area contributed by atoms with Crippen molar-refractivity contribution in [3.63, 3.8) is 0 Å². The van der Waals surface area contributed by atoms with Crippen LogP contribution >= 0.6 is 0 Å². The number of aromatic nitrogens is 2. The summed E-state index contributed by atoms with van der Waals surface area (Å²) < 4.78 is 7.69. The standard InChI is InChI=1S/C15H18N2O2/c1-17-8-7-16-15(17)10-19-12-6-5-11-3-2-4-14(18)13(11)9-12/h5-9,14,18H,2-4,10H2,1H3. The van der Waals surface area contributed by atoms with Crippen molar-refractivity contribution in [1.82, 2.24) is 9.55 Å². The SMILES string of the molecule is Cn1ccnc1COc1ccc2c(c1)C(O)CCC2. The lowest BCUT2D eigenvalue weighted by Crippen LogP contribution is -2.09. The van der Waals surface area contributed by atoms with Crippen LogP contribution in [0.4, 0.5) is 0 Å². The normalized spacial score (nSPS) is 18.1. The van der Waals surface area contributed by atoms with Crippen molar-refractivity contribution < 1.29 is 9.84 Å². The van der Waals surface area contributed by atoms with Gasteiger partial charge in [-0.15, -0.1) is 0 Å². The third-order valence-corrected chi connectivity index (χ3v) is 3.69. The molecule has 4 heteroatoms. The van der Waals surface area contributed by atoms with Gasteiger partial charge in [-0.1, -0.05) is 6.07 Å². The molecular weight excluding hydrogens is 240 g/mol. The van der Waals surface area contributed by atoms with Crippen molar-refractivity contribution in [3.05, 3.63) is 47.5 Å². The van der Waals surface area contributed by atoms with Crippen LogP contribution in [0.15, 0.2) is 30.6 Å². The average molecular weight is 258 g/mol. The molecule has 0 amide bonds. The predicted molar refractivity (Wildman–Crippen MR) is 71.9 cm³/mol. The number of aliphatic hydroxyl groups excluding tert-OH is 1. The molecule has 3 rings (SSSR count). The van der Waals surface area contributed by atoms with Gasteiger partial charge in [-0.2, -0.15) is 0 Å². The van der Waals surface area contributed by atoms with E-state index in [-0.39, 0.29) is 6.10 Å². The Balaban J connectivity index is 1.75. The first-order chi connectivity index (χ1) is 9.24. The quantitative estimate of drug-likeness (QED) is 0.919. The molecule has 19 heavy (non-hydrogen) atoms. The van der Waals surface area contributed by atoms with E-state index in [1.807, 2.05) is 29.9 Å². The molecule has 1 aliphatic carbocycles. The van der Waals surface area contributed by atoms with E-state index in [2.05, 4.69) is 11.1 Å². The van der Waals surface area contributed by atoms with Crippen molar-refractivity contribution in [3.8, 4) is 5.75 Å². The molecule has 0 saturated carbocycles. The summed E-state index contributed by atoms with van der Waals surface area (Å²) >= 11 is 0. The van der Waals surface area contributed by atoms with Crippen LogP contribution in [0.25, 0.3) is 0 Å². The van der Waals surface area contributed by atoms with Crippen molar-refractivity contribution in [2.45, 2.75) is 32.0 Å². The zero-order chi connectivity index (χ0) is 13.2. The average Bonchev–Trinajstić information content (AvgIpc) is 2.83. The first-order valence-corrected chi connectivity index (χ1v) is 6.64. The van der Waals surface area contributed by atoms with Crippen molar-refractivity contribution in [2.75, 3.05) is 0 Å². The first kappa shape index (κ1) is 12.2. The number of rotatable bonds is 3. The molecule has 0 spiro atoms. The molecule has 1 aromatic carbocycles. The third kappa shape index (κ3) is 2.49. The highest BCUT2D eigenvalue weighted by atomic mass is 16.5. The lowest BCUT2D eigenvalue weighted by molar-refractivity contribution is 0.156. The molecule has 1 aromatic heterocycles. The van der Waals surface area contributed by atoms with Crippen LogP contribution in [-0.4, -0.2) is 14.7 Å². The largest absolute Gasteiger partial charge is 0.486 e. The molecule has 2 aromatic rings. The minimum atomic E-state index is -0.347. The van der Waals surface area contributed by atoms with E-state index in [0.29, 0.717) is 6.61 Å². The molecule has 1 unspecified atom stereocenters. The second kappa shape index (κ2) is 5.05. The highest BCUT2D eigenvalue weighted by Gasteiger charge is 2.18. The molecule has 0 bridgehead atoms. The summed E-state index contributed by atoms with van der Waals surface area (Å²) in [5.41, 5.74) is 2.26. The Morgan fingerprint density at radius 3 is 3.16 bits per heavy atom. The van der Waals surface area contributed by atoms with Gasteiger partial charge in [0.2, 0.25) is 0 Å². The molecule has 1 atom stereocenters. The van der Waals surface area contributed by atoms with Crippen LogP contribution < -0.4 is 4.74 Å². The Morgan fingerprint density at radius 1 is 1.47 bits per heavy atom. The zero-order valence-corrected chi connectivity index (χ0v) is 11.0. The summed E-state index contributed by atoms with van der Waals surface area (Å²) in [5, 5.41) is 10.0. The Kier molecular flexibility index (Phi) is 3.25. The number of benzene rings is 1. The van der Waals surface area contributed by atoms with Gasteiger partial charge in [-0.25, -0.2) is 4.98 Å². The minimum absolute atomic E-state index is 0.347. The fraction of sp³-hybridized carbons (Fsp3) is 0.400. The van der Waals surface area contributed by atoms with Crippen LogP contribution in [0.1, 0.15) is 35.9 Å². The maximum absolute atomic E-state index is 10.0. The third-order valence-electron chi connectivity index (χ3n) is 3.69. The van der Waals surface area contributed by atoms with Crippen LogP contribution in [0.5, 0.6) is 5.75 Å². The van der Waals surface area contributed by atoms with Crippen LogP contribution in [0, 0.1) is 0 Å². The number of aliphatic hydroxyl groups is 1. The van der Waals surface area contributed by atoms with E-state index < -0.39 is 0 Å². The number of ether oxygens (including phenoxy) is 1. The lowest BCUT2D eigenvalue weighted by atomic mass is 9.89. The number of hydrogen-bond donors (Lipinski definition) is 1. The zero-order valence-electron chi connectivity index (χ0n) is 11.0. The fourth-order valence-corrected chi connectivity index (χ4v) is 2.53. The highest BCUT2D eigenvalue weighted by molar-refractivity contribution is 5.38. The lowest BCUT2D eigenvalue weighted by Gasteiger charge is -2.21. The van der Waals surface area contributed by atoms with E-state index in [1.165, 1.54) is 5.56 Å². The Labute approximate surface area is 112 Å². The van der Waals surface area contributed by atoms with E-state index in [0.717, 1.165) is 36.4 Å². The van der Waals surface area contributed by atoms with Gasteiger partial charge in [0.25, 0.3) is 0 Å². The first-order valence-electron chi connectivity index (χ1n) is 6.64. The van der Waals surface area contributed by atoms with E-state index in [9.17, 15) is 5.11 Å². The number of nitrogens with zero attached hydrogens (tertiary/aromatic N) is 2. The summed E-state index contributed by atoms with van der Waals surface area (Å²) in [7, 11) is 1.95. The number of hydrogen-bond acceptors (Lipinski definition) is 3. The van der Waals surface area contributed by atoms with Gasteiger partial charge in [0.15, 0.2) is 0 Å². The topological polar surface area (TPSA) is 47.3 Å². The minimum Gasteiger partial charge on any atom is -0.486 e. The summed E-state index contributed by atoms with van der Waals surface area (Å²) in [4.78, 5) is 4.22. The maximum atomic E-state index is 10.0. The van der Waals surface area contributed by atoms with Gasteiger partial charge in [-0.3, -0.25) is 0 Å². The number of imidazole rings is 1. The molecule has 4 nitrogen and oxygen atoms in total. The molecule has 1 heterocycles. The summed E-state index contributed by atoms with van der Waals surface area (Å²) in [6.45, 7) is 0.443. The van der Waals surface area contributed by atoms with Gasteiger partial charge in [0.05, 0.1) is 6.10 Å². The fourth-order valence-electron chi connectivity index (χ4n) is 2.53. The van der Waals surface area contributed by atoms with Crippen molar-refractivity contribution in [1.29, 1.82) is 0 Å². The smallest absolute Gasteiger partial charge is 0.146 e. The molecular formula is C15H18N2O2. The molecule has 0 radical (unpaired) electrons. The predicted octanol–water partition coefficient (Wildman–Crippen LogP) is 2.37.